The number of benzene rings is 1. The van der Waals surface area contributed by atoms with Gasteiger partial charge in [-0.2, -0.15) is 5.26 Å². The molecule has 1 heterocycles. The van der Waals surface area contributed by atoms with E-state index in [0.29, 0.717) is 0 Å². The van der Waals surface area contributed by atoms with Crippen LogP contribution in [0, 0.1) is 14.9 Å². The van der Waals surface area contributed by atoms with E-state index < -0.39 is 0 Å². The Bertz CT molecular complexity index is 419. The van der Waals surface area contributed by atoms with Crippen molar-refractivity contribution in [3.63, 3.8) is 0 Å². The summed E-state index contributed by atoms with van der Waals surface area (Å²) in [4.78, 5) is 2.31. The molecule has 1 saturated heterocycles. The smallest absolute Gasteiger partial charge is 0.101 e. The first kappa shape index (κ1) is 11.2. The molecule has 0 saturated carbocycles. The van der Waals surface area contributed by atoms with Gasteiger partial charge in [0.1, 0.15) is 6.07 Å². The van der Waals surface area contributed by atoms with E-state index in [0.717, 1.165) is 32.4 Å². The van der Waals surface area contributed by atoms with Crippen molar-refractivity contribution < 1.29 is 0 Å². The molecule has 0 aromatic heterocycles. The largest absolute Gasteiger partial charge is 0.370 e. The minimum absolute atomic E-state index is 0.774. The lowest BCUT2D eigenvalue weighted by Crippen LogP contribution is -2.20. The summed E-state index contributed by atoms with van der Waals surface area (Å²) in [7, 11) is 0. The van der Waals surface area contributed by atoms with Crippen LogP contribution in [0.4, 0.5) is 5.69 Å². The van der Waals surface area contributed by atoms with E-state index in [1.165, 1.54) is 12.8 Å². The first-order chi connectivity index (χ1) is 7.22. The molecule has 1 fully saturated rings. The second-order valence-corrected chi connectivity index (χ2v) is 5.67. The molecule has 2 rings (SSSR count). The molecule has 4 heteroatoms. The van der Waals surface area contributed by atoms with Gasteiger partial charge in [-0.15, -0.1) is 0 Å². The van der Waals surface area contributed by atoms with Gasteiger partial charge < -0.3 is 4.90 Å². The van der Waals surface area contributed by atoms with Crippen molar-refractivity contribution in [2.45, 2.75) is 12.8 Å². The van der Waals surface area contributed by atoms with Crippen LogP contribution in [-0.2, 0) is 0 Å². The molecule has 15 heavy (non-hydrogen) atoms. The van der Waals surface area contributed by atoms with Crippen LogP contribution < -0.4 is 4.90 Å². The van der Waals surface area contributed by atoms with Gasteiger partial charge in [-0.25, -0.2) is 0 Å². The van der Waals surface area contributed by atoms with Gasteiger partial charge in [-0.05, 0) is 47.6 Å². The number of anilines is 1. The summed E-state index contributed by atoms with van der Waals surface area (Å²) in [5.41, 5.74) is 1.88. The zero-order valence-corrected chi connectivity index (χ0v) is 11.9. The van der Waals surface area contributed by atoms with E-state index in [1.54, 1.807) is 0 Å². The normalized spacial score (nSPS) is 15.4. The highest BCUT2D eigenvalue weighted by atomic mass is 127. The Kier molecular flexibility index (Phi) is 3.52. The summed E-state index contributed by atoms with van der Waals surface area (Å²) in [5, 5.41) is 9.13. The standard InChI is InChI=1S/C11H10BrIN2/c12-9-5-8(7-14)11(10(13)6-9)15-3-1-2-4-15/h5-6H,1-4H2. The average Bonchev–Trinajstić information content (AvgIpc) is 2.69. The number of rotatable bonds is 1. The minimum Gasteiger partial charge on any atom is -0.370 e. The fourth-order valence-corrected chi connectivity index (χ4v) is 3.77. The molecule has 2 nitrogen and oxygen atoms in total. The molecule has 0 amide bonds. The van der Waals surface area contributed by atoms with Crippen molar-refractivity contribution in [1.29, 1.82) is 5.26 Å². The van der Waals surface area contributed by atoms with Gasteiger partial charge in [0.05, 0.1) is 11.3 Å². The minimum atomic E-state index is 0.774. The summed E-state index contributed by atoms with van der Waals surface area (Å²) < 4.78 is 2.13. The van der Waals surface area contributed by atoms with Gasteiger partial charge in [0.2, 0.25) is 0 Å². The van der Waals surface area contributed by atoms with Gasteiger partial charge >= 0.3 is 0 Å². The quantitative estimate of drug-likeness (QED) is 0.701. The molecule has 0 unspecified atom stereocenters. The summed E-state index contributed by atoms with van der Waals surface area (Å²) in [6.45, 7) is 2.15. The van der Waals surface area contributed by atoms with E-state index in [-0.39, 0.29) is 0 Å². The predicted octanol–water partition coefficient (Wildman–Crippen LogP) is 3.53. The molecule has 0 atom stereocenters. The van der Waals surface area contributed by atoms with Crippen molar-refractivity contribution in [3.8, 4) is 6.07 Å². The highest BCUT2D eigenvalue weighted by Crippen LogP contribution is 2.32. The molecule has 0 bridgehead atoms. The van der Waals surface area contributed by atoms with Crippen LogP contribution in [0.1, 0.15) is 18.4 Å². The molecule has 1 aromatic rings. The fourth-order valence-electron chi connectivity index (χ4n) is 1.91. The number of hydrogen-bond acceptors (Lipinski definition) is 2. The third-order valence-corrected chi connectivity index (χ3v) is 3.85. The van der Waals surface area contributed by atoms with Crippen LogP contribution in [0.3, 0.4) is 0 Å². The monoisotopic (exact) mass is 376 g/mol. The molecule has 1 aromatic carbocycles. The molecular formula is C11H10BrIN2. The Hall–Kier alpha value is -0.280. The van der Waals surface area contributed by atoms with Crippen molar-refractivity contribution in [2.75, 3.05) is 18.0 Å². The van der Waals surface area contributed by atoms with Crippen LogP contribution in [0.5, 0.6) is 0 Å². The van der Waals surface area contributed by atoms with Gasteiger partial charge in [-0.1, -0.05) is 15.9 Å². The van der Waals surface area contributed by atoms with Gasteiger partial charge in [-0.3, -0.25) is 0 Å². The number of nitrogens with zero attached hydrogens (tertiary/aromatic N) is 2. The summed E-state index contributed by atoms with van der Waals surface area (Å²) >= 11 is 5.72. The zero-order chi connectivity index (χ0) is 10.8. The van der Waals surface area contributed by atoms with Gasteiger partial charge in [0.15, 0.2) is 0 Å². The molecule has 0 aliphatic carbocycles. The third kappa shape index (κ3) is 2.28. The fraction of sp³-hybridized carbons (Fsp3) is 0.364. The highest BCUT2D eigenvalue weighted by molar-refractivity contribution is 14.1. The van der Waals surface area contributed by atoms with E-state index in [4.69, 9.17) is 5.26 Å². The second-order valence-electron chi connectivity index (χ2n) is 3.59. The highest BCUT2D eigenvalue weighted by Gasteiger charge is 2.18. The number of hydrogen-bond donors (Lipinski definition) is 0. The van der Waals surface area contributed by atoms with Crippen molar-refractivity contribution in [3.05, 3.63) is 25.7 Å². The maximum Gasteiger partial charge on any atom is 0.101 e. The molecule has 0 radical (unpaired) electrons. The first-order valence-corrected chi connectivity index (χ1v) is 6.73. The summed E-state index contributed by atoms with van der Waals surface area (Å²) in [6, 6.07) is 6.24. The summed E-state index contributed by atoms with van der Waals surface area (Å²) in [5.74, 6) is 0. The van der Waals surface area contributed by atoms with Crippen molar-refractivity contribution >= 4 is 44.2 Å². The van der Waals surface area contributed by atoms with E-state index >= 15 is 0 Å². The van der Waals surface area contributed by atoms with Crippen LogP contribution in [0.2, 0.25) is 0 Å². The molecule has 1 aliphatic heterocycles. The van der Waals surface area contributed by atoms with Crippen LogP contribution in [0.15, 0.2) is 16.6 Å². The number of nitriles is 1. The Morgan fingerprint density at radius 3 is 2.60 bits per heavy atom. The lowest BCUT2D eigenvalue weighted by Gasteiger charge is -2.20. The third-order valence-electron chi connectivity index (χ3n) is 2.57. The maximum atomic E-state index is 9.13. The van der Waals surface area contributed by atoms with Crippen LogP contribution in [0.25, 0.3) is 0 Å². The molecule has 0 N–H and O–H groups in total. The van der Waals surface area contributed by atoms with Gasteiger partial charge in [0, 0.05) is 21.1 Å². The van der Waals surface area contributed by atoms with E-state index in [9.17, 15) is 0 Å². The number of halogens is 2. The lowest BCUT2D eigenvalue weighted by atomic mass is 10.2. The second kappa shape index (κ2) is 4.71. The van der Waals surface area contributed by atoms with Crippen molar-refractivity contribution in [1.82, 2.24) is 0 Å². The molecule has 1 aliphatic rings. The zero-order valence-electron chi connectivity index (χ0n) is 8.13. The van der Waals surface area contributed by atoms with Gasteiger partial charge in [0.25, 0.3) is 0 Å². The Morgan fingerprint density at radius 2 is 2.00 bits per heavy atom. The lowest BCUT2D eigenvalue weighted by molar-refractivity contribution is 0.949. The molecule has 0 spiro atoms. The van der Waals surface area contributed by atoms with Crippen LogP contribution >= 0.6 is 38.5 Å². The summed E-state index contributed by atoms with van der Waals surface area (Å²) in [6.07, 6.45) is 2.47. The van der Waals surface area contributed by atoms with Crippen LogP contribution in [-0.4, -0.2) is 13.1 Å². The SMILES string of the molecule is N#Cc1cc(Br)cc(I)c1N1CCCC1. The predicted molar refractivity (Wildman–Crippen MR) is 73.0 cm³/mol. The Labute approximate surface area is 112 Å². The average molecular weight is 377 g/mol. The van der Waals surface area contributed by atoms with E-state index in [1.807, 2.05) is 6.07 Å². The Morgan fingerprint density at radius 1 is 1.33 bits per heavy atom. The molecular weight excluding hydrogens is 367 g/mol. The van der Waals surface area contributed by atoms with E-state index in [2.05, 4.69) is 55.6 Å². The molecule has 78 valence electrons. The first-order valence-electron chi connectivity index (χ1n) is 4.86. The topological polar surface area (TPSA) is 27.0 Å². The Balaban J connectivity index is 2.49. The van der Waals surface area contributed by atoms with Crippen molar-refractivity contribution in [2.24, 2.45) is 0 Å². The maximum absolute atomic E-state index is 9.13.